The fourth-order valence-corrected chi connectivity index (χ4v) is 4.36. The van der Waals surface area contributed by atoms with Crippen LogP contribution in [-0.2, 0) is 13.1 Å². The predicted octanol–water partition coefficient (Wildman–Crippen LogP) is 4.74. The first-order chi connectivity index (χ1) is 14.5. The van der Waals surface area contributed by atoms with Crippen LogP contribution in [0.5, 0.6) is 0 Å². The summed E-state index contributed by atoms with van der Waals surface area (Å²) in [5.41, 5.74) is 5.09. The van der Waals surface area contributed by atoms with Crippen LogP contribution in [0.3, 0.4) is 0 Å². The molecule has 1 fully saturated rings. The first-order valence-electron chi connectivity index (χ1n) is 10.4. The van der Waals surface area contributed by atoms with E-state index in [0.717, 1.165) is 37.3 Å². The molecule has 0 aliphatic carbocycles. The SMILES string of the molecule is C[C@@H]1CN(Cc2ccc(C(=O)O)cc2)C[C@H](C)N1Cc1ccc(-c2ccoc2)cc1. The molecule has 2 atom stereocenters. The van der Waals surface area contributed by atoms with Crippen molar-refractivity contribution in [2.24, 2.45) is 0 Å². The Kier molecular flexibility index (Phi) is 6.02. The van der Waals surface area contributed by atoms with Crippen molar-refractivity contribution in [3.05, 3.63) is 83.8 Å². The lowest BCUT2D eigenvalue weighted by Crippen LogP contribution is -2.55. The van der Waals surface area contributed by atoms with Crippen molar-refractivity contribution >= 4 is 5.97 Å². The number of furan rings is 1. The molecule has 1 saturated heterocycles. The predicted molar refractivity (Wildman–Crippen MR) is 117 cm³/mol. The second kappa shape index (κ2) is 8.86. The van der Waals surface area contributed by atoms with Crippen molar-refractivity contribution in [2.45, 2.75) is 39.0 Å². The van der Waals surface area contributed by atoms with Gasteiger partial charge < -0.3 is 9.52 Å². The van der Waals surface area contributed by atoms with Gasteiger partial charge in [-0.25, -0.2) is 4.79 Å². The Labute approximate surface area is 177 Å². The molecule has 1 N–H and O–H groups in total. The maximum Gasteiger partial charge on any atom is 0.335 e. The number of carboxylic acid groups (broad SMARTS) is 1. The molecule has 30 heavy (non-hydrogen) atoms. The summed E-state index contributed by atoms with van der Waals surface area (Å²) in [5, 5.41) is 9.06. The molecule has 5 nitrogen and oxygen atoms in total. The molecule has 2 aromatic carbocycles. The van der Waals surface area contributed by atoms with Crippen molar-refractivity contribution in [1.82, 2.24) is 9.80 Å². The number of carboxylic acids is 1. The average molecular weight is 405 g/mol. The summed E-state index contributed by atoms with van der Waals surface area (Å²) in [6.07, 6.45) is 3.47. The Hall–Kier alpha value is -2.89. The van der Waals surface area contributed by atoms with Gasteiger partial charge in [-0.15, -0.1) is 0 Å². The Morgan fingerprint density at radius 1 is 0.900 bits per heavy atom. The Morgan fingerprint density at radius 2 is 1.50 bits per heavy atom. The molecule has 1 aliphatic rings. The fourth-order valence-electron chi connectivity index (χ4n) is 4.36. The van der Waals surface area contributed by atoms with Gasteiger partial charge >= 0.3 is 5.97 Å². The molecule has 2 heterocycles. The van der Waals surface area contributed by atoms with Crippen molar-refractivity contribution in [3.63, 3.8) is 0 Å². The lowest BCUT2D eigenvalue weighted by atomic mass is 10.0. The van der Waals surface area contributed by atoms with Gasteiger partial charge in [-0.05, 0) is 48.7 Å². The largest absolute Gasteiger partial charge is 0.478 e. The van der Waals surface area contributed by atoms with E-state index in [-0.39, 0.29) is 0 Å². The average Bonchev–Trinajstić information content (AvgIpc) is 3.26. The van der Waals surface area contributed by atoms with Crippen LogP contribution in [0.15, 0.2) is 71.5 Å². The third kappa shape index (κ3) is 4.64. The zero-order chi connectivity index (χ0) is 21.1. The molecular formula is C25H28N2O3. The van der Waals surface area contributed by atoms with E-state index in [2.05, 4.69) is 47.9 Å². The van der Waals surface area contributed by atoms with Crippen LogP contribution in [0.25, 0.3) is 11.1 Å². The normalized spacial score (nSPS) is 20.3. The maximum absolute atomic E-state index is 11.0. The van der Waals surface area contributed by atoms with E-state index < -0.39 is 5.97 Å². The van der Waals surface area contributed by atoms with E-state index in [0.29, 0.717) is 17.6 Å². The van der Waals surface area contributed by atoms with Crippen molar-refractivity contribution < 1.29 is 14.3 Å². The Bertz CT molecular complexity index is 953. The van der Waals surface area contributed by atoms with Crippen LogP contribution in [0.4, 0.5) is 0 Å². The lowest BCUT2D eigenvalue weighted by Gasteiger charge is -2.44. The minimum Gasteiger partial charge on any atom is -0.478 e. The number of hydrogen-bond donors (Lipinski definition) is 1. The van der Waals surface area contributed by atoms with Crippen molar-refractivity contribution in [3.8, 4) is 11.1 Å². The van der Waals surface area contributed by atoms with Crippen LogP contribution in [0, 0.1) is 0 Å². The molecule has 4 rings (SSSR count). The van der Waals surface area contributed by atoms with Crippen LogP contribution >= 0.6 is 0 Å². The van der Waals surface area contributed by atoms with Crippen molar-refractivity contribution in [2.75, 3.05) is 13.1 Å². The van der Waals surface area contributed by atoms with Gasteiger partial charge in [0, 0.05) is 43.8 Å². The quantitative estimate of drug-likeness (QED) is 0.643. The Morgan fingerprint density at radius 3 is 2.07 bits per heavy atom. The van der Waals surface area contributed by atoms with E-state index in [1.54, 1.807) is 24.7 Å². The first-order valence-corrected chi connectivity index (χ1v) is 10.4. The molecule has 0 bridgehead atoms. The molecule has 3 aromatic rings. The van der Waals surface area contributed by atoms with Crippen molar-refractivity contribution in [1.29, 1.82) is 0 Å². The molecule has 0 amide bonds. The summed E-state index contributed by atoms with van der Waals surface area (Å²) in [6, 6.07) is 18.8. The van der Waals surface area contributed by atoms with E-state index in [4.69, 9.17) is 9.52 Å². The first kappa shape index (κ1) is 20.4. The van der Waals surface area contributed by atoms with Gasteiger partial charge in [0.15, 0.2) is 0 Å². The second-order valence-electron chi connectivity index (χ2n) is 8.28. The van der Waals surface area contributed by atoms with Gasteiger partial charge in [0.1, 0.15) is 0 Å². The van der Waals surface area contributed by atoms with Gasteiger partial charge in [0.05, 0.1) is 18.1 Å². The summed E-state index contributed by atoms with van der Waals surface area (Å²) < 4.78 is 5.18. The Balaban J connectivity index is 1.36. The maximum atomic E-state index is 11.0. The summed E-state index contributed by atoms with van der Waals surface area (Å²) in [7, 11) is 0. The highest BCUT2D eigenvalue weighted by atomic mass is 16.4. The molecule has 0 spiro atoms. The number of benzene rings is 2. The summed E-state index contributed by atoms with van der Waals surface area (Å²) >= 11 is 0. The third-order valence-corrected chi connectivity index (χ3v) is 5.96. The van der Waals surface area contributed by atoms with Gasteiger partial charge in [0.25, 0.3) is 0 Å². The zero-order valence-corrected chi connectivity index (χ0v) is 17.5. The zero-order valence-electron chi connectivity index (χ0n) is 17.5. The molecule has 156 valence electrons. The topological polar surface area (TPSA) is 56.9 Å². The number of hydrogen-bond acceptors (Lipinski definition) is 4. The van der Waals surface area contributed by atoms with Gasteiger partial charge in [-0.2, -0.15) is 0 Å². The summed E-state index contributed by atoms with van der Waals surface area (Å²) in [6.45, 7) is 8.36. The van der Waals surface area contributed by atoms with Gasteiger partial charge in [-0.1, -0.05) is 36.4 Å². The van der Waals surface area contributed by atoms with Crippen LogP contribution in [0.2, 0.25) is 0 Å². The minimum atomic E-state index is -0.879. The van der Waals surface area contributed by atoms with Crippen LogP contribution in [0.1, 0.15) is 35.3 Å². The van der Waals surface area contributed by atoms with Crippen LogP contribution in [-0.4, -0.2) is 46.0 Å². The summed E-state index contributed by atoms with van der Waals surface area (Å²) in [5.74, 6) is -0.879. The number of piperazine rings is 1. The van der Waals surface area contributed by atoms with Gasteiger partial charge in [0.2, 0.25) is 0 Å². The standard InChI is InChI=1S/C25H28N2O3/c1-18-13-26(15-20-5-9-23(10-6-20)25(28)29)14-19(2)27(18)16-21-3-7-22(8-4-21)24-11-12-30-17-24/h3-12,17-19H,13-16H2,1-2H3,(H,28,29)/t18-,19+. The molecular weight excluding hydrogens is 376 g/mol. The van der Waals surface area contributed by atoms with E-state index in [1.807, 2.05) is 18.2 Å². The highest BCUT2D eigenvalue weighted by Gasteiger charge is 2.29. The monoisotopic (exact) mass is 404 g/mol. The highest BCUT2D eigenvalue weighted by molar-refractivity contribution is 5.87. The van der Waals surface area contributed by atoms with E-state index in [1.165, 1.54) is 11.1 Å². The number of carbonyl (C=O) groups is 1. The smallest absolute Gasteiger partial charge is 0.335 e. The molecule has 1 aromatic heterocycles. The van der Waals surface area contributed by atoms with Crippen LogP contribution < -0.4 is 0 Å². The minimum absolute atomic E-state index is 0.337. The molecule has 0 radical (unpaired) electrons. The number of rotatable bonds is 6. The molecule has 0 unspecified atom stereocenters. The fraction of sp³-hybridized carbons (Fsp3) is 0.320. The van der Waals surface area contributed by atoms with E-state index in [9.17, 15) is 4.79 Å². The van der Waals surface area contributed by atoms with E-state index >= 15 is 0 Å². The molecule has 0 saturated carbocycles. The van der Waals surface area contributed by atoms with Gasteiger partial charge in [-0.3, -0.25) is 9.80 Å². The third-order valence-electron chi connectivity index (χ3n) is 5.96. The number of aromatic carboxylic acids is 1. The molecule has 5 heteroatoms. The second-order valence-corrected chi connectivity index (χ2v) is 8.28. The number of nitrogens with zero attached hydrogens (tertiary/aromatic N) is 2. The highest BCUT2D eigenvalue weighted by Crippen LogP contribution is 2.24. The molecule has 1 aliphatic heterocycles. The lowest BCUT2D eigenvalue weighted by molar-refractivity contribution is 0.0290. The summed E-state index contributed by atoms with van der Waals surface area (Å²) in [4.78, 5) is 16.1.